The molecular weight excluding hydrogens is 1030 g/mol. The third-order valence-corrected chi connectivity index (χ3v) is 15.1. The van der Waals surface area contributed by atoms with Crippen LogP contribution in [0.1, 0.15) is 279 Å². The zero-order valence-corrected chi connectivity index (χ0v) is 51.0. The number of unbranched alkanes of at least 4 members (excludes halogenated alkanes) is 27. The van der Waals surface area contributed by atoms with Crippen molar-refractivity contribution in [2.24, 2.45) is 11.8 Å². The maximum atomic E-state index is 12.9. The summed E-state index contributed by atoms with van der Waals surface area (Å²) < 4.78 is 67.6. The number of carbonyl (C=O) groups is 4. The minimum absolute atomic E-state index is 0.103. The van der Waals surface area contributed by atoms with Crippen LogP contribution in [0.3, 0.4) is 0 Å². The largest absolute Gasteiger partial charge is 0.472 e. The van der Waals surface area contributed by atoms with Crippen molar-refractivity contribution in [2.45, 2.75) is 297 Å². The van der Waals surface area contributed by atoms with Crippen molar-refractivity contribution >= 4 is 39.5 Å². The molecule has 0 saturated heterocycles. The van der Waals surface area contributed by atoms with Gasteiger partial charge in [-0.1, -0.05) is 228 Å². The average Bonchev–Trinajstić information content (AvgIpc) is 3.38. The van der Waals surface area contributed by atoms with Gasteiger partial charge >= 0.3 is 39.5 Å². The second-order valence-corrected chi connectivity index (χ2v) is 24.9. The van der Waals surface area contributed by atoms with Gasteiger partial charge in [-0.05, 0) is 37.5 Å². The van der Waals surface area contributed by atoms with Crippen molar-refractivity contribution in [1.29, 1.82) is 0 Å². The molecular formula is C58H112O17P2. The first-order chi connectivity index (χ1) is 36.9. The summed E-state index contributed by atoms with van der Waals surface area (Å²) in [5, 5.41) is 10.5. The lowest BCUT2D eigenvalue weighted by molar-refractivity contribution is -0.161. The van der Waals surface area contributed by atoms with E-state index in [4.69, 9.17) is 37.0 Å². The summed E-state index contributed by atoms with van der Waals surface area (Å²) in [4.78, 5) is 71.7. The molecule has 0 radical (unpaired) electrons. The van der Waals surface area contributed by atoms with Crippen LogP contribution in [0.15, 0.2) is 0 Å². The van der Waals surface area contributed by atoms with Crippen molar-refractivity contribution in [3.8, 4) is 0 Å². The molecule has 2 unspecified atom stereocenters. The molecule has 77 heavy (non-hydrogen) atoms. The third kappa shape index (κ3) is 53.2. The first kappa shape index (κ1) is 75.1. The van der Waals surface area contributed by atoms with Crippen LogP contribution in [0.5, 0.6) is 0 Å². The monoisotopic (exact) mass is 1140 g/mol. The summed E-state index contributed by atoms with van der Waals surface area (Å²) in [6.07, 6.45) is 31.0. The topological polar surface area (TPSA) is 237 Å². The van der Waals surface area contributed by atoms with Gasteiger partial charge in [-0.25, -0.2) is 9.13 Å². The van der Waals surface area contributed by atoms with Crippen LogP contribution in [-0.2, 0) is 65.4 Å². The molecule has 0 aliphatic carbocycles. The highest BCUT2D eigenvalue weighted by atomic mass is 31.2. The molecule has 0 spiro atoms. The highest BCUT2D eigenvalue weighted by Gasteiger charge is 2.30. The number of rotatable bonds is 57. The summed E-state index contributed by atoms with van der Waals surface area (Å²) in [5.41, 5.74) is 0. The minimum Gasteiger partial charge on any atom is -0.462 e. The molecule has 0 aromatic rings. The van der Waals surface area contributed by atoms with E-state index >= 15 is 0 Å². The van der Waals surface area contributed by atoms with Crippen molar-refractivity contribution < 1.29 is 80.2 Å². The number of hydrogen-bond donors (Lipinski definition) is 3. The molecule has 5 atom stereocenters. The molecule has 456 valence electrons. The van der Waals surface area contributed by atoms with E-state index in [0.717, 1.165) is 115 Å². The molecule has 0 amide bonds. The Morgan fingerprint density at radius 1 is 0.351 bits per heavy atom. The molecule has 0 aliphatic heterocycles. The predicted octanol–water partition coefficient (Wildman–Crippen LogP) is 15.3. The van der Waals surface area contributed by atoms with Gasteiger partial charge in [0, 0.05) is 25.7 Å². The zero-order valence-electron chi connectivity index (χ0n) is 49.2. The molecule has 0 heterocycles. The van der Waals surface area contributed by atoms with Gasteiger partial charge in [0.1, 0.15) is 19.3 Å². The first-order valence-electron chi connectivity index (χ1n) is 30.5. The number of aliphatic hydroxyl groups excluding tert-OH is 1. The van der Waals surface area contributed by atoms with Gasteiger partial charge in [0.25, 0.3) is 0 Å². The van der Waals surface area contributed by atoms with Gasteiger partial charge in [-0.3, -0.25) is 37.3 Å². The SMILES string of the molecule is CCCCCCCCCCCC(=O)O[C@H](COC(=O)CCCCCCCCC)COP(=O)(O)OC[C@H](O)COP(=O)(O)OC[C@@H](COC(=O)CCCCCCCCCC(C)C)OC(=O)CCCCCCCCCCC(C)C. The molecule has 19 heteroatoms. The van der Waals surface area contributed by atoms with Crippen molar-refractivity contribution in [2.75, 3.05) is 39.6 Å². The fourth-order valence-electron chi connectivity index (χ4n) is 8.47. The summed E-state index contributed by atoms with van der Waals surface area (Å²) in [7, 11) is -9.87. The molecule has 0 aromatic carbocycles. The number of carbonyl (C=O) groups excluding carboxylic acids is 4. The molecule has 0 rings (SSSR count). The summed E-state index contributed by atoms with van der Waals surface area (Å²) in [6, 6.07) is 0. The lowest BCUT2D eigenvalue weighted by Crippen LogP contribution is -2.30. The molecule has 17 nitrogen and oxygen atoms in total. The lowest BCUT2D eigenvalue weighted by atomic mass is 10.0. The Kier molecular flexibility index (Phi) is 49.7. The Labute approximate surface area is 467 Å². The van der Waals surface area contributed by atoms with Crippen LogP contribution in [0.25, 0.3) is 0 Å². The van der Waals surface area contributed by atoms with Crippen LogP contribution >= 0.6 is 15.6 Å². The van der Waals surface area contributed by atoms with Gasteiger partial charge in [0.05, 0.1) is 26.4 Å². The number of ether oxygens (including phenoxy) is 4. The smallest absolute Gasteiger partial charge is 0.462 e. The van der Waals surface area contributed by atoms with Crippen LogP contribution in [-0.4, -0.2) is 96.7 Å². The van der Waals surface area contributed by atoms with Crippen LogP contribution in [0, 0.1) is 11.8 Å². The van der Waals surface area contributed by atoms with E-state index in [9.17, 15) is 43.2 Å². The Morgan fingerprint density at radius 2 is 0.597 bits per heavy atom. The summed E-state index contributed by atoms with van der Waals surface area (Å²) in [6.45, 7) is 9.29. The van der Waals surface area contributed by atoms with E-state index in [1.807, 2.05) is 0 Å². The van der Waals surface area contributed by atoms with E-state index in [1.165, 1.54) is 77.0 Å². The lowest BCUT2D eigenvalue weighted by Gasteiger charge is -2.21. The van der Waals surface area contributed by atoms with E-state index < -0.39 is 97.5 Å². The number of phosphoric acid groups is 2. The average molecular weight is 1140 g/mol. The summed E-state index contributed by atoms with van der Waals surface area (Å²) >= 11 is 0. The second kappa shape index (κ2) is 51.0. The van der Waals surface area contributed by atoms with E-state index in [2.05, 4.69) is 41.5 Å². The maximum Gasteiger partial charge on any atom is 0.472 e. The Morgan fingerprint density at radius 3 is 0.883 bits per heavy atom. The number of aliphatic hydroxyl groups is 1. The quantitative estimate of drug-likeness (QED) is 0.0222. The zero-order chi connectivity index (χ0) is 57.3. The van der Waals surface area contributed by atoms with Crippen LogP contribution < -0.4 is 0 Å². The van der Waals surface area contributed by atoms with Crippen molar-refractivity contribution in [3.63, 3.8) is 0 Å². The molecule has 0 fully saturated rings. The van der Waals surface area contributed by atoms with Crippen LogP contribution in [0.4, 0.5) is 0 Å². The van der Waals surface area contributed by atoms with E-state index in [0.29, 0.717) is 31.6 Å². The molecule has 0 aromatic heterocycles. The number of esters is 4. The standard InChI is InChI=1S/C58H112O17P2/c1-7-9-11-13-15-16-23-30-36-42-57(62)74-53(46-68-55(60)40-34-28-20-14-12-10-8-2)48-72-76(64,65)70-44-52(59)45-71-77(66,67)73-49-54(47-69-56(61)41-35-29-25-19-22-27-33-39-51(5)6)75-58(63)43-37-31-24-18-17-21-26-32-38-50(3)4/h50-54,59H,7-49H2,1-6H3,(H,64,65)(H,66,67)/t52-,53+,54+/m0/s1. The minimum atomic E-state index is -4.94. The van der Waals surface area contributed by atoms with Crippen LogP contribution in [0.2, 0.25) is 0 Å². The van der Waals surface area contributed by atoms with E-state index in [1.54, 1.807) is 0 Å². The Balaban J connectivity index is 5.22. The number of phosphoric ester groups is 2. The maximum absolute atomic E-state index is 12.9. The molecule has 0 saturated carbocycles. The van der Waals surface area contributed by atoms with Gasteiger partial charge in [0.2, 0.25) is 0 Å². The van der Waals surface area contributed by atoms with E-state index in [-0.39, 0.29) is 25.7 Å². The van der Waals surface area contributed by atoms with Crippen molar-refractivity contribution in [3.05, 3.63) is 0 Å². The van der Waals surface area contributed by atoms with Gasteiger partial charge in [-0.2, -0.15) is 0 Å². The normalized spacial score (nSPS) is 14.5. The highest BCUT2D eigenvalue weighted by molar-refractivity contribution is 7.47. The second-order valence-electron chi connectivity index (χ2n) is 22.0. The third-order valence-electron chi connectivity index (χ3n) is 13.2. The molecule has 0 aliphatic rings. The van der Waals surface area contributed by atoms with Gasteiger partial charge < -0.3 is 33.8 Å². The summed E-state index contributed by atoms with van der Waals surface area (Å²) in [5.74, 6) is -0.727. The van der Waals surface area contributed by atoms with Crippen molar-refractivity contribution in [1.82, 2.24) is 0 Å². The highest BCUT2D eigenvalue weighted by Crippen LogP contribution is 2.45. The first-order valence-corrected chi connectivity index (χ1v) is 33.5. The Hall–Kier alpha value is -1.94. The van der Waals surface area contributed by atoms with Gasteiger partial charge in [-0.15, -0.1) is 0 Å². The number of hydrogen-bond acceptors (Lipinski definition) is 15. The fraction of sp³-hybridized carbons (Fsp3) is 0.931. The van der Waals surface area contributed by atoms with Gasteiger partial charge in [0.15, 0.2) is 12.2 Å². The fourth-order valence-corrected chi connectivity index (χ4v) is 10.0. The predicted molar refractivity (Wildman–Crippen MR) is 303 cm³/mol. The Bertz CT molecular complexity index is 1530. The molecule has 3 N–H and O–H groups in total. The molecule has 0 bridgehead atoms.